The average Bonchev–Trinajstić information content (AvgIpc) is 3.69. The molecule has 0 saturated carbocycles. The van der Waals surface area contributed by atoms with Crippen molar-refractivity contribution >= 4 is 53.2 Å². The lowest BCUT2D eigenvalue weighted by molar-refractivity contribution is 1.08. The molecule has 0 N–H and O–H groups in total. The first-order chi connectivity index (χ1) is 28.2. The van der Waals surface area contributed by atoms with Crippen LogP contribution in [0.3, 0.4) is 0 Å². The fraction of sp³-hybridized carbons (Fsp3) is 0. The molecule has 0 atom stereocenters. The van der Waals surface area contributed by atoms with Crippen LogP contribution in [0.4, 0.5) is 0 Å². The zero-order valence-corrected chi connectivity index (χ0v) is 31.5. The third-order valence-electron chi connectivity index (χ3n) is 10.7. The highest BCUT2D eigenvalue weighted by Gasteiger charge is 2.20. The van der Waals surface area contributed by atoms with Crippen molar-refractivity contribution < 1.29 is 0 Å². The molecule has 0 radical (unpaired) electrons. The zero-order chi connectivity index (χ0) is 37.7. The van der Waals surface area contributed by atoms with Gasteiger partial charge in [-0.2, -0.15) is 0 Å². The second-order valence-corrected chi connectivity index (χ2v) is 15.2. The van der Waals surface area contributed by atoms with Crippen molar-refractivity contribution in [2.45, 2.75) is 0 Å². The van der Waals surface area contributed by atoms with Gasteiger partial charge in [0.05, 0.1) is 11.2 Å². The molecule has 0 aliphatic carbocycles. The van der Waals surface area contributed by atoms with Gasteiger partial charge in [0.2, 0.25) is 0 Å². The van der Waals surface area contributed by atoms with E-state index in [1.807, 2.05) is 23.5 Å². The molecule has 0 aliphatic heterocycles. The summed E-state index contributed by atoms with van der Waals surface area (Å²) in [6.45, 7) is 0. The molecular weight excluding hydrogens is 713 g/mol. The molecule has 0 saturated heterocycles. The van der Waals surface area contributed by atoms with Crippen LogP contribution < -0.4 is 0 Å². The molecule has 5 heteroatoms. The molecule has 0 unspecified atom stereocenters. The summed E-state index contributed by atoms with van der Waals surface area (Å²) in [4.78, 5) is 21.0. The van der Waals surface area contributed by atoms with Crippen molar-refractivity contribution in [1.29, 1.82) is 0 Å². The normalized spacial score (nSPS) is 11.5. The Morgan fingerprint density at radius 2 is 0.825 bits per heavy atom. The van der Waals surface area contributed by atoms with Crippen LogP contribution in [-0.4, -0.2) is 19.9 Å². The van der Waals surface area contributed by atoms with Gasteiger partial charge in [0.15, 0.2) is 17.5 Å². The minimum Gasteiger partial charge on any atom is -0.247 e. The summed E-state index contributed by atoms with van der Waals surface area (Å²) < 4.78 is 2.41. The van der Waals surface area contributed by atoms with E-state index in [-0.39, 0.29) is 0 Å². The Hall–Kier alpha value is -7.34. The van der Waals surface area contributed by atoms with Crippen molar-refractivity contribution in [3.05, 3.63) is 194 Å². The SMILES string of the molecule is c1ccc(-c2cccc(-c3nc(-c4cccc(-c5ccccc5)c4)nc(-c4cccc5sc6c(ccc7c(-c8ccccc8)nc8ccccc8c76)c45)n3)c2)cc1. The van der Waals surface area contributed by atoms with Crippen LogP contribution in [0, 0.1) is 0 Å². The van der Waals surface area contributed by atoms with Gasteiger partial charge in [-0.25, -0.2) is 19.9 Å². The van der Waals surface area contributed by atoms with Gasteiger partial charge in [0.1, 0.15) is 0 Å². The first-order valence-electron chi connectivity index (χ1n) is 19.1. The molecule has 11 aromatic rings. The molecule has 4 nitrogen and oxygen atoms in total. The minimum atomic E-state index is 0.629. The Kier molecular flexibility index (Phi) is 7.97. The number of hydrogen-bond acceptors (Lipinski definition) is 5. The average molecular weight is 745 g/mol. The molecule has 3 heterocycles. The van der Waals surface area contributed by atoms with Gasteiger partial charge in [-0.1, -0.05) is 170 Å². The minimum absolute atomic E-state index is 0.629. The van der Waals surface area contributed by atoms with E-state index >= 15 is 0 Å². The quantitative estimate of drug-likeness (QED) is 0.159. The highest BCUT2D eigenvalue weighted by atomic mass is 32.1. The van der Waals surface area contributed by atoms with E-state index < -0.39 is 0 Å². The van der Waals surface area contributed by atoms with E-state index in [4.69, 9.17) is 19.9 Å². The van der Waals surface area contributed by atoms with E-state index in [1.54, 1.807) is 0 Å². The number of thiophene rings is 1. The second kappa shape index (κ2) is 13.7. The van der Waals surface area contributed by atoms with E-state index in [9.17, 15) is 0 Å². The zero-order valence-electron chi connectivity index (χ0n) is 30.7. The van der Waals surface area contributed by atoms with Gasteiger partial charge in [-0.15, -0.1) is 11.3 Å². The molecule has 0 spiro atoms. The fourth-order valence-corrected chi connectivity index (χ4v) is 9.30. The molecule has 0 amide bonds. The summed E-state index contributed by atoms with van der Waals surface area (Å²) in [5.41, 5.74) is 10.4. The summed E-state index contributed by atoms with van der Waals surface area (Å²) in [7, 11) is 0. The first kappa shape index (κ1) is 33.0. The van der Waals surface area contributed by atoms with Crippen LogP contribution in [0.2, 0.25) is 0 Å². The molecule has 8 aromatic carbocycles. The second-order valence-electron chi connectivity index (χ2n) is 14.2. The van der Waals surface area contributed by atoms with Crippen LogP contribution in [0.1, 0.15) is 0 Å². The van der Waals surface area contributed by atoms with E-state index in [0.717, 1.165) is 71.9 Å². The number of nitrogens with zero attached hydrogens (tertiary/aromatic N) is 4. The van der Waals surface area contributed by atoms with Crippen molar-refractivity contribution in [1.82, 2.24) is 19.9 Å². The predicted molar refractivity (Wildman–Crippen MR) is 238 cm³/mol. The highest BCUT2D eigenvalue weighted by molar-refractivity contribution is 7.27. The summed E-state index contributed by atoms with van der Waals surface area (Å²) >= 11 is 1.82. The van der Waals surface area contributed by atoms with Crippen LogP contribution >= 0.6 is 11.3 Å². The van der Waals surface area contributed by atoms with Gasteiger partial charge in [0.25, 0.3) is 0 Å². The maximum absolute atomic E-state index is 5.29. The van der Waals surface area contributed by atoms with Gasteiger partial charge < -0.3 is 0 Å². The summed E-state index contributed by atoms with van der Waals surface area (Å²) in [6.07, 6.45) is 0. The topological polar surface area (TPSA) is 51.6 Å². The van der Waals surface area contributed by atoms with Crippen molar-refractivity contribution in [3.63, 3.8) is 0 Å². The number of pyridine rings is 1. The monoisotopic (exact) mass is 744 g/mol. The Balaban J connectivity index is 1.16. The van der Waals surface area contributed by atoms with Crippen molar-refractivity contribution in [2.75, 3.05) is 0 Å². The van der Waals surface area contributed by atoms with E-state index in [1.165, 1.54) is 20.2 Å². The van der Waals surface area contributed by atoms with E-state index in [2.05, 4.69) is 182 Å². The van der Waals surface area contributed by atoms with Crippen LogP contribution in [-0.2, 0) is 0 Å². The Labute approximate surface area is 333 Å². The summed E-state index contributed by atoms with van der Waals surface area (Å²) in [5, 5.41) is 5.82. The molecule has 266 valence electrons. The lowest BCUT2D eigenvalue weighted by Crippen LogP contribution is -2.00. The summed E-state index contributed by atoms with van der Waals surface area (Å²) in [6, 6.07) is 67.8. The van der Waals surface area contributed by atoms with Crippen LogP contribution in [0.5, 0.6) is 0 Å². The molecule has 11 rings (SSSR count). The molecule has 57 heavy (non-hydrogen) atoms. The van der Waals surface area contributed by atoms with Gasteiger partial charge in [-0.05, 0) is 46.5 Å². The maximum atomic E-state index is 5.29. The molecule has 0 fully saturated rings. The summed E-state index contributed by atoms with van der Waals surface area (Å²) in [5.74, 6) is 1.90. The highest BCUT2D eigenvalue weighted by Crippen LogP contribution is 2.46. The third-order valence-corrected chi connectivity index (χ3v) is 11.9. The number of rotatable bonds is 6. The van der Waals surface area contributed by atoms with Gasteiger partial charge in [0, 0.05) is 58.6 Å². The smallest absolute Gasteiger partial charge is 0.164 e. The lowest BCUT2D eigenvalue weighted by atomic mass is 9.97. The number of hydrogen-bond donors (Lipinski definition) is 0. The third kappa shape index (κ3) is 5.84. The number of para-hydroxylation sites is 1. The van der Waals surface area contributed by atoms with Crippen LogP contribution in [0.25, 0.3) is 110 Å². The molecule has 0 bridgehead atoms. The van der Waals surface area contributed by atoms with Gasteiger partial charge >= 0.3 is 0 Å². The Morgan fingerprint density at radius 1 is 0.316 bits per heavy atom. The lowest BCUT2D eigenvalue weighted by Gasteiger charge is -2.12. The Morgan fingerprint density at radius 3 is 1.47 bits per heavy atom. The molecule has 0 aliphatic rings. The van der Waals surface area contributed by atoms with Crippen LogP contribution in [0.15, 0.2) is 194 Å². The predicted octanol–water partition coefficient (Wildman–Crippen LogP) is 13.9. The molecule has 3 aromatic heterocycles. The largest absolute Gasteiger partial charge is 0.247 e. The fourth-order valence-electron chi connectivity index (χ4n) is 8.01. The standard InChI is InChI=1S/C52H32N4S/c1-4-15-33(16-5-1)36-21-12-23-38(31-36)50-54-51(39-24-13-22-37(32-39)34-17-6-2-7-18-34)56-52(55-50)43-26-14-28-45-46(43)42-30-29-41-47(49(42)57-45)40-25-10-11-27-44(40)53-48(41)35-19-8-3-9-20-35/h1-32H. The maximum Gasteiger partial charge on any atom is 0.164 e. The van der Waals surface area contributed by atoms with Gasteiger partial charge in [-0.3, -0.25) is 0 Å². The number of aromatic nitrogens is 4. The Bertz CT molecular complexity index is 3180. The number of benzene rings is 8. The van der Waals surface area contributed by atoms with Crippen molar-refractivity contribution in [3.8, 4) is 67.7 Å². The first-order valence-corrected chi connectivity index (χ1v) is 19.9. The molecular formula is C52H32N4S. The number of fused-ring (bicyclic) bond motifs is 7. The van der Waals surface area contributed by atoms with E-state index in [0.29, 0.717) is 17.5 Å². The van der Waals surface area contributed by atoms with Crippen molar-refractivity contribution in [2.24, 2.45) is 0 Å².